The second-order valence-electron chi connectivity index (χ2n) is 10.0. The van der Waals surface area contributed by atoms with E-state index in [0.29, 0.717) is 29.0 Å². The third-order valence-corrected chi connectivity index (χ3v) is 6.82. The maximum atomic E-state index is 13.5. The molecule has 1 heterocycles. The van der Waals surface area contributed by atoms with Crippen LogP contribution in [0.4, 0.5) is 0 Å². The summed E-state index contributed by atoms with van der Waals surface area (Å²) < 4.78 is 11.3. The van der Waals surface area contributed by atoms with Crippen molar-refractivity contribution in [3.05, 3.63) is 46.3 Å². The molecule has 3 aliphatic rings. The van der Waals surface area contributed by atoms with E-state index in [1.807, 2.05) is 6.92 Å². The maximum Gasteiger partial charge on any atom is 0.337 e. The zero-order chi connectivity index (χ0) is 23.0. The first kappa shape index (κ1) is 22.4. The van der Waals surface area contributed by atoms with E-state index in [0.717, 1.165) is 43.4 Å². The van der Waals surface area contributed by atoms with Crippen LogP contribution in [-0.4, -0.2) is 30.1 Å². The minimum absolute atomic E-state index is 0.0162. The molecular weight excluding hydrogens is 406 g/mol. The molecule has 1 aromatic rings. The first-order valence-corrected chi connectivity index (χ1v) is 11.5. The van der Waals surface area contributed by atoms with E-state index in [4.69, 9.17) is 9.47 Å². The lowest BCUT2D eigenvalue weighted by molar-refractivity contribution is -0.146. The summed E-state index contributed by atoms with van der Waals surface area (Å²) in [6.07, 6.45) is 6.13. The summed E-state index contributed by atoms with van der Waals surface area (Å²) >= 11 is 0. The van der Waals surface area contributed by atoms with Gasteiger partial charge >= 0.3 is 5.97 Å². The number of hydrogen-bond donors (Lipinski definition) is 2. The Hall–Kier alpha value is -2.76. The van der Waals surface area contributed by atoms with E-state index in [-0.39, 0.29) is 29.0 Å². The van der Waals surface area contributed by atoms with Crippen molar-refractivity contribution in [1.82, 2.24) is 5.32 Å². The molecule has 1 fully saturated rings. The molecule has 6 nitrogen and oxygen atoms in total. The zero-order valence-electron chi connectivity index (χ0n) is 19.4. The molecule has 2 N–H and O–H groups in total. The molecule has 4 rings (SSSR count). The number of benzene rings is 1. The predicted octanol–water partition coefficient (Wildman–Crippen LogP) is 4.88. The minimum Gasteiger partial charge on any atom is -0.504 e. The van der Waals surface area contributed by atoms with E-state index < -0.39 is 5.92 Å². The number of ether oxygens (including phenoxy) is 2. The van der Waals surface area contributed by atoms with Crippen LogP contribution in [-0.2, 0) is 14.3 Å². The van der Waals surface area contributed by atoms with Crippen molar-refractivity contribution in [2.24, 2.45) is 5.41 Å². The largest absolute Gasteiger partial charge is 0.504 e. The molecule has 1 aromatic carbocycles. The van der Waals surface area contributed by atoms with Gasteiger partial charge in [0.15, 0.2) is 17.3 Å². The topological polar surface area (TPSA) is 84.9 Å². The monoisotopic (exact) mass is 439 g/mol. The average Bonchev–Trinajstić information content (AvgIpc) is 2.72. The lowest BCUT2D eigenvalue weighted by Crippen LogP contribution is -2.39. The molecule has 1 atom stereocenters. The van der Waals surface area contributed by atoms with Crippen LogP contribution in [0.5, 0.6) is 11.5 Å². The fraction of sp³-hybridized carbons (Fsp3) is 0.538. The van der Waals surface area contributed by atoms with Crippen LogP contribution in [0.1, 0.15) is 77.2 Å². The van der Waals surface area contributed by atoms with Crippen LogP contribution in [0.15, 0.2) is 40.7 Å². The highest BCUT2D eigenvalue weighted by molar-refractivity contribution is 6.04. The van der Waals surface area contributed by atoms with Gasteiger partial charge in [-0.15, -0.1) is 0 Å². The molecule has 0 saturated heterocycles. The Bertz CT molecular complexity index is 997. The molecule has 0 radical (unpaired) electrons. The zero-order valence-corrected chi connectivity index (χ0v) is 19.4. The van der Waals surface area contributed by atoms with Crippen molar-refractivity contribution in [2.45, 2.75) is 77.7 Å². The number of ketones is 1. The standard InChI is InChI=1S/C26H33NO5/c1-15-22(25(30)32-17-8-6-5-7-9-17)23(16-10-11-19(28)21(12-16)31-4)24-18(27-15)13-26(2,3)14-20(24)29/h10-12,17,23,27-28H,5-9,13-14H2,1-4H3/t23-/m1/s1. The predicted molar refractivity (Wildman–Crippen MR) is 121 cm³/mol. The number of dihydropyridines is 1. The fourth-order valence-corrected chi connectivity index (χ4v) is 5.31. The molecule has 0 unspecified atom stereocenters. The van der Waals surface area contributed by atoms with Gasteiger partial charge < -0.3 is 19.9 Å². The summed E-state index contributed by atoms with van der Waals surface area (Å²) in [6.45, 7) is 6.04. The molecule has 2 aliphatic carbocycles. The van der Waals surface area contributed by atoms with Crippen LogP contribution < -0.4 is 10.1 Å². The lowest BCUT2D eigenvalue weighted by atomic mass is 9.68. The highest BCUT2D eigenvalue weighted by Crippen LogP contribution is 2.48. The fourth-order valence-electron chi connectivity index (χ4n) is 5.31. The van der Waals surface area contributed by atoms with Crippen molar-refractivity contribution in [3.63, 3.8) is 0 Å². The normalized spacial score (nSPS) is 23.5. The van der Waals surface area contributed by atoms with Gasteiger partial charge in [0.25, 0.3) is 0 Å². The molecule has 0 spiro atoms. The molecule has 0 amide bonds. The number of rotatable bonds is 4. The van der Waals surface area contributed by atoms with E-state index in [1.165, 1.54) is 13.5 Å². The van der Waals surface area contributed by atoms with Gasteiger partial charge in [0.1, 0.15) is 6.10 Å². The Kier molecular flexibility index (Phi) is 6.06. The Morgan fingerprint density at radius 2 is 1.88 bits per heavy atom. The Morgan fingerprint density at radius 1 is 1.16 bits per heavy atom. The van der Waals surface area contributed by atoms with Crippen LogP contribution in [0, 0.1) is 5.41 Å². The second-order valence-corrected chi connectivity index (χ2v) is 10.0. The van der Waals surface area contributed by atoms with Gasteiger partial charge in [-0.05, 0) is 62.1 Å². The molecule has 0 bridgehead atoms. The summed E-state index contributed by atoms with van der Waals surface area (Å²) in [5.41, 5.74) is 3.26. The summed E-state index contributed by atoms with van der Waals surface area (Å²) in [5.74, 6) is -0.563. The lowest BCUT2D eigenvalue weighted by Gasteiger charge is -2.39. The summed E-state index contributed by atoms with van der Waals surface area (Å²) in [5, 5.41) is 13.5. The summed E-state index contributed by atoms with van der Waals surface area (Å²) in [6, 6.07) is 5.02. The molecule has 1 saturated carbocycles. The van der Waals surface area contributed by atoms with Gasteiger partial charge in [0.05, 0.1) is 12.7 Å². The van der Waals surface area contributed by atoms with Crippen LogP contribution in [0.3, 0.4) is 0 Å². The Balaban J connectivity index is 1.79. The third kappa shape index (κ3) is 4.27. The van der Waals surface area contributed by atoms with Gasteiger partial charge in [-0.25, -0.2) is 4.79 Å². The summed E-state index contributed by atoms with van der Waals surface area (Å²) in [4.78, 5) is 26.8. The number of carbonyl (C=O) groups is 2. The van der Waals surface area contributed by atoms with Crippen molar-refractivity contribution in [1.29, 1.82) is 0 Å². The van der Waals surface area contributed by atoms with Crippen molar-refractivity contribution >= 4 is 11.8 Å². The van der Waals surface area contributed by atoms with E-state index in [9.17, 15) is 14.7 Å². The van der Waals surface area contributed by atoms with E-state index in [2.05, 4.69) is 19.2 Å². The number of phenolic OH excluding ortho intramolecular Hbond substituents is 1. The van der Waals surface area contributed by atoms with Crippen molar-refractivity contribution in [2.75, 3.05) is 7.11 Å². The number of phenols is 1. The second kappa shape index (κ2) is 8.64. The third-order valence-electron chi connectivity index (χ3n) is 6.82. The highest BCUT2D eigenvalue weighted by Gasteiger charge is 2.43. The van der Waals surface area contributed by atoms with Crippen molar-refractivity contribution in [3.8, 4) is 11.5 Å². The number of nitrogens with one attached hydrogen (secondary N) is 1. The average molecular weight is 440 g/mol. The number of methoxy groups -OCH3 is 1. The molecular formula is C26H33NO5. The first-order chi connectivity index (χ1) is 15.2. The van der Waals surface area contributed by atoms with Gasteiger partial charge in [-0.1, -0.05) is 26.3 Å². The summed E-state index contributed by atoms with van der Waals surface area (Å²) in [7, 11) is 1.49. The first-order valence-electron chi connectivity index (χ1n) is 11.5. The number of carbonyl (C=O) groups excluding carboxylic acids is 2. The van der Waals surface area contributed by atoms with Gasteiger partial charge in [-0.3, -0.25) is 4.79 Å². The SMILES string of the molecule is COc1cc([C@@H]2C(C(=O)OC3CCCCC3)=C(C)NC3=C2C(=O)CC(C)(C)C3)ccc1O. The van der Waals surface area contributed by atoms with Gasteiger partial charge in [0, 0.05) is 29.3 Å². The molecule has 172 valence electrons. The molecule has 32 heavy (non-hydrogen) atoms. The molecule has 6 heteroatoms. The number of allylic oxidation sites excluding steroid dienone is 3. The maximum absolute atomic E-state index is 13.5. The highest BCUT2D eigenvalue weighted by atomic mass is 16.5. The number of hydrogen-bond acceptors (Lipinski definition) is 6. The Labute approximate surface area is 189 Å². The minimum atomic E-state index is -0.555. The number of aromatic hydroxyl groups is 1. The van der Waals surface area contributed by atoms with Crippen LogP contribution in [0.25, 0.3) is 0 Å². The smallest absolute Gasteiger partial charge is 0.337 e. The van der Waals surface area contributed by atoms with Crippen LogP contribution >= 0.6 is 0 Å². The van der Waals surface area contributed by atoms with E-state index >= 15 is 0 Å². The molecule has 1 aliphatic heterocycles. The van der Waals surface area contributed by atoms with Gasteiger partial charge in [-0.2, -0.15) is 0 Å². The van der Waals surface area contributed by atoms with Crippen LogP contribution in [0.2, 0.25) is 0 Å². The number of esters is 1. The van der Waals surface area contributed by atoms with Gasteiger partial charge in [0.2, 0.25) is 0 Å². The quantitative estimate of drug-likeness (QED) is 0.651. The number of Topliss-reactive ketones (excluding diaryl/α,β-unsaturated/α-hetero) is 1. The van der Waals surface area contributed by atoms with Crippen molar-refractivity contribution < 1.29 is 24.2 Å². The molecule has 0 aromatic heterocycles. The van der Waals surface area contributed by atoms with E-state index in [1.54, 1.807) is 18.2 Å². The Morgan fingerprint density at radius 3 is 2.56 bits per heavy atom.